The molecule has 1 amide bonds. The van der Waals surface area contributed by atoms with Crippen molar-refractivity contribution in [1.29, 1.82) is 0 Å². The third-order valence-electron chi connectivity index (χ3n) is 4.02. The zero-order valence-corrected chi connectivity index (χ0v) is 14.1. The Morgan fingerprint density at radius 3 is 2.68 bits per heavy atom. The maximum absolute atomic E-state index is 14.1. The van der Waals surface area contributed by atoms with Gasteiger partial charge in [-0.2, -0.15) is 0 Å². The van der Waals surface area contributed by atoms with Gasteiger partial charge in [-0.1, -0.05) is 12.1 Å². The predicted molar refractivity (Wildman–Crippen MR) is 97.8 cm³/mol. The lowest BCUT2D eigenvalue weighted by Gasteiger charge is -2.09. The number of aromatic nitrogens is 2. The molecule has 8 heteroatoms. The molecule has 0 atom stereocenters. The van der Waals surface area contributed by atoms with Crippen LogP contribution in [-0.4, -0.2) is 15.9 Å². The molecule has 0 saturated carbocycles. The standard InChI is InChI=1S/C20H11F2N3O3/c21-13-5-1-4-12(18(13)22)17-9-16(26)11-3-2-6-14(19(11)28-17)25-20(27)15-10-23-7-8-24-15/h1-10H,(H,25,27). The van der Waals surface area contributed by atoms with E-state index in [0.717, 1.165) is 12.1 Å². The normalized spacial score (nSPS) is 10.8. The Morgan fingerprint density at radius 2 is 1.89 bits per heavy atom. The Labute approximate surface area is 156 Å². The summed E-state index contributed by atoms with van der Waals surface area (Å²) in [4.78, 5) is 32.5. The maximum atomic E-state index is 14.1. The molecule has 6 nitrogen and oxygen atoms in total. The molecule has 4 aromatic rings. The molecule has 0 radical (unpaired) electrons. The van der Waals surface area contributed by atoms with E-state index >= 15 is 0 Å². The number of halogens is 2. The third-order valence-corrected chi connectivity index (χ3v) is 4.02. The monoisotopic (exact) mass is 379 g/mol. The highest BCUT2D eigenvalue weighted by atomic mass is 19.2. The molecule has 4 rings (SSSR count). The summed E-state index contributed by atoms with van der Waals surface area (Å²) in [5.41, 5.74) is -0.381. The Bertz CT molecular complexity index is 1260. The number of hydrogen-bond donors (Lipinski definition) is 1. The zero-order valence-electron chi connectivity index (χ0n) is 14.1. The number of nitrogens with zero attached hydrogens (tertiary/aromatic N) is 2. The van der Waals surface area contributed by atoms with Gasteiger partial charge in [0.05, 0.1) is 22.8 Å². The van der Waals surface area contributed by atoms with E-state index in [1.54, 1.807) is 6.07 Å². The quantitative estimate of drug-likeness (QED) is 0.586. The average Bonchev–Trinajstić information content (AvgIpc) is 2.71. The number of amides is 1. The fraction of sp³-hybridized carbons (Fsp3) is 0. The van der Waals surface area contributed by atoms with Crippen molar-refractivity contribution in [3.05, 3.63) is 88.6 Å². The lowest BCUT2D eigenvalue weighted by molar-refractivity contribution is 0.102. The van der Waals surface area contributed by atoms with Gasteiger partial charge in [0.25, 0.3) is 5.91 Å². The predicted octanol–water partition coefficient (Wildman–Crippen LogP) is 3.78. The topological polar surface area (TPSA) is 85.1 Å². The number of anilines is 1. The van der Waals surface area contributed by atoms with Crippen molar-refractivity contribution in [2.24, 2.45) is 0 Å². The molecule has 1 N–H and O–H groups in total. The first kappa shape index (κ1) is 17.5. The molecule has 0 aliphatic rings. The smallest absolute Gasteiger partial charge is 0.275 e. The summed E-state index contributed by atoms with van der Waals surface area (Å²) in [6.07, 6.45) is 4.07. The molecular formula is C20H11F2N3O3. The number of benzene rings is 2. The number of para-hydroxylation sites is 1. The Hall–Kier alpha value is -3.94. The van der Waals surface area contributed by atoms with Gasteiger partial charge in [-0.15, -0.1) is 0 Å². The van der Waals surface area contributed by atoms with Crippen LogP contribution in [0.4, 0.5) is 14.5 Å². The summed E-state index contributed by atoms with van der Waals surface area (Å²) in [5, 5.41) is 2.77. The van der Waals surface area contributed by atoms with Crippen LogP contribution in [0.3, 0.4) is 0 Å². The van der Waals surface area contributed by atoms with Crippen molar-refractivity contribution in [2.75, 3.05) is 5.32 Å². The summed E-state index contributed by atoms with van der Waals surface area (Å²) in [7, 11) is 0. The van der Waals surface area contributed by atoms with Crippen LogP contribution in [0.15, 0.2) is 70.3 Å². The van der Waals surface area contributed by atoms with E-state index in [0.29, 0.717) is 0 Å². The van der Waals surface area contributed by atoms with Crippen LogP contribution in [0.25, 0.3) is 22.3 Å². The van der Waals surface area contributed by atoms with E-state index in [1.807, 2.05) is 0 Å². The Morgan fingerprint density at radius 1 is 1.07 bits per heavy atom. The molecule has 0 bridgehead atoms. The van der Waals surface area contributed by atoms with Gasteiger partial charge in [0.1, 0.15) is 11.5 Å². The van der Waals surface area contributed by atoms with Crippen LogP contribution in [0.5, 0.6) is 0 Å². The number of nitrogens with one attached hydrogen (secondary N) is 1. The van der Waals surface area contributed by atoms with Crippen molar-refractivity contribution in [1.82, 2.24) is 9.97 Å². The number of carbonyl (C=O) groups is 1. The lowest BCUT2D eigenvalue weighted by Crippen LogP contribution is -2.14. The lowest BCUT2D eigenvalue weighted by atomic mass is 10.1. The van der Waals surface area contributed by atoms with E-state index in [2.05, 4.69) is 15.3 Å². The Balaban J connectivity index is 1.85. The fourth-order valence-corrected chi connectivity index (χ4v) is 2.71. The van der Waals surface area contributed by atoms with E-state index < -0.39 is 23.0 Å². The average molecular weight is 379 g/mol. The number of carbonyl (C=O) groups excluding carboxylic acids is 1. The molecule has 0 aliphatic heterocycles. The van der Waals surface area contributed by atoms with Crippen LogP contribution < -0.4 is 10.7 Å². The second kappa shape index (κ2) is 6.99. The Kier molecular flexibility index (Phi) is 4.36. The van der Waals surface area contributed by atoms with Crippen molar-refractivity contribution in [3.8, 4) is 11.3 Å². The van der Waals surface area contributed by atoms with Crippen molar-refractivity contribution < 1.29 is 18.0 Å². The molecule has 2 aromatic heterocycles. The largest absolute Gasteiger partial charge is 0.454 e. The summed E-state index contributed by atoms with van der Waals surface area (Å²) in [6, 6.07) is 9.23. The van der Waals surface area contributed by atoms with Gasteiger partial charge in [0, 0.05) is 18.5 Å². The van der Waals surface area contributed by atoms with Gasteiger partial charge in [0.2, 0.25) is 0 Å². The minimum absolute atomic E-state index is 0.0332. The van der Waals surface area contributed by atoms with Gasteiger partial charge in [-0.05, 0) is 24.3 Å². The molecule has 0 unspecified atom stereocenters. The van der Waals surface area contributed by atoms with E-state index in [-0.39, 0.29) is 33.7 Å². The van der Waals surface area contributed by atoms with Gasteiger partial charge in [-0.3, -0.25) is 14.6 Å². The highest BCUT2D eigenvalue weighted by molar-refractivity contribution is 6.06. The molecular weight excluding hydrogens is 368 g/mol. The van der Waals surface area contributed by atoms with Crippen molar-refractivity contribution in [3.63, 3.8) is 0 Å². The van der Waals surface area contributed by atoms with Crippen molar-refractivity contribution in [2.45, 2.75) is 0 Å². The van der Waals surface area contributed by atoms with Crippen LogP contribution in [0.1, 0.15) is 10.5 Å². The zero-order chi connectivity index (χ0) is 19.7. The van der Waals surface area contributed by atoms with Gasteiger partial charge in [-0.25, -0.2) is 13.8 Å². The first-order chi connectivity index (χ1) is 13.5. The molecule has 0 fully saturated rings. The fourth-order valence-electron chi connectivity index (χ4n) is 2.71. The van der Waals surface area contributed by atoms with Crippen LogP contribution in [-0.2, 0) is 0 Å². The molecule has 138 valence electrons. The first-order valence-electron chi connectivity index (χ1n) is 8.13. The number of fused-ring (bicyclic) bond motifs is 1. The molecule has 28 heavy (non-hydrogen) atoms. The van der Waals surface area contributed by atoms with Gasteiger partial charge >= 0.3 is 0 Å². The highest BCUT2D eigenvalue weighted by Crippen LogP contribution is 2.29. The summed E-state index contributed by atoms with van der Waals surface area (Å²) >= 11 is 0. The van der Waals surface area contributed by atoms with Gasteiger partial charge < -0.3 is 9.73 Å². The summed E-state index contributed by atoms with van der Waals surface area (Å²) < 4.78 is 33.4. The van der Waals surface area contributed by atoms with E-state index in [9.17, 15) is 18.4 Å². The van der Waals surface area contributed by atoms with Crippen LogP contribution >= 0.6 is 0 Å². The van der Waals surface area contributed by atoms with Crippen molar-refractivity contribution >= 4 is 22.6 Å². The van der Waals surface area contributed by atoms with E-state index in [1.165, 1.54) is 42.9 Å². The minimum atomic E-state index is -1.13. The summed E-state index contributed by atoms with van der Waals surface area (Å²) in [5.74, 6) is -2.92. The first-order valence-corrected chi connectivity index (χ1v) is 8.13. The molecule has 0 spiro atoms. The minimum Gasteiger partial charge on any atom is -0.454 e. The second-order valence-electron chi connectivity index (χ2n) is 5.80. The highest BCUT2D eigenvalue weighted by Gasteiger charge is 2.17. The van der Waals surface area contributed by atoms with E-state index in [4.69, 9.17) is 4.42 Å². The maximum Gasteiger partial charge on any atom is 0.275 e. The SMILES string of the molecule is O=C(Nc1cccc2c(=O)cc(-c3cccc(F)c3F)oc12)c1cnccn1. The molecule has 2 aromatic carbocycles. The molecule has 2 heterocycles. The third kappa shape index (κ3) is 3.11. The molecule has 0 aliphatic carbocycles. The van der Waals surface area contributed by atoms with Gasteiger partial charge in [0.15, 0.2) is 22.6 Å². The summed E-state index contributed by atoms with van der Waals surface area (Å²) in [6.45, 7) is 0. The van der Waals surface area contributed by atoms with Crippen LogP contribution in [0.2, 0.25) is 0 Å². The number of hydrogen-bond acceptors (Lipinski definition) is 5. The molecule has 0 saturated heterocycles. The second-order valence-corrected chi connectivity index (χ2v) is 5.80. The number of rotatable bonds is 3. The van der Waals surface area contributed by atoms with Crippen LogP contribution in [0, 0.1) is 11.6 Å².